The molecule has 0 N–H and O–H groups in total. The number of rotatable bonds is 4. The summed E-state index contributed by atoms with van der Waals surface area (Å²) in [5.74, 6) is -0.186. The summed E-state index contributed by atoms with van der Waals surface area (Å²) in [6, 6.07) is 9.18. The molecule has 0 aliphatic carbocycles. The standard InChI is InChI=1S/C16H16N4O3S/c21-24(22,11-14-5-8-23-18-14)20-10-15(19-7-6-17-12-19)9-13-3-1-2-4-16(13)20/h1-8,12,15H,9-11H2/t15-/m0/s1. The van der Waals surface area contributed by atoms with E-state index in [4.69, 9.17) is 4.52 Å². The van der Waals surface area contributed by atoms with Gasteiger partial charge in [0.25, 0.3) is 0 Å². The molecule has 7 nitrogen and oxygen atoms in total. The zero-order valence-electron chi connectivity index (χ0n) is 12.8. The third-order valence-corrected chi connectivity index (χ3v) is 5.87. The number of benzene rings is 1. The van der Waals surface area contributed by atoms with Gasteiger partial charge in [-0.2, -0.15) is 0 Å². The summed E-state index contributed by atoms with van der Waals surface area (Å²) in [7, 11) is -3.57. The second-order valence-electron chi connectivity index (χ2n) is 5.77. The molecule has 3 aromatic rings. The number of imidazole rings is 1. The van der Waals surface area contributed by atoms with Crippen molar-refractivity contribution >= 4 is 15.7 Å². The van der Waals surface area contributed by atoms with Crippen molar-refractivity contribution in [2.45, 2.75) is 18.2 Å². The van der Waals surface area contributed by atoms with Crippen molar-refractivity contribution < 1.29 is 12.9 Å². The summed E-state index contributed by atoms with van der Waals surface area (Å²) >= 11 is 0. The summed E-state index contributed by atoms with van der Waals surface area (Å²) in [6.07, 6.45) is 7.43. The van der Waals surface area contributed by atoms with Crippen LogP contribution >= 0.6 is 0 Å². The third-order valence-electron chi connectivity index (χ3n) is 4.20. The van der Waals surface area contributed by atoms with Gasteiger partial charge in [0.2, 0.25) is 10.0 Å². The Balaban J connectivity index is 1.72. The Morgan fingerprint density at radius 1 is 1.25 bits per heavy atom. The second-order valence-corrected chi connectivity index (χ2v) is 7.67. The number of para-hydroxylation sites is 1. The Morgan fingerprint density at radius 2 is 2.12 bits per heavy atom. The molecule has 8 heteroatoms. The van der Waals surface area contributed by atoms with Gasteiger partial charge >= 0.3 is 0 Å². The van der Waals surface area contributed by atoms with Gasteiger partial charge < -0.3 is 9.09 Å². The van der Waals surface area contributed by atoms with Gasteiger partial charge in [0, 0.05) is 18.5 Å². The topological polar surface area (TPSA) is 81.2 Å². The van der Waals surface area contributed by atoms with E-state index in [2.05, 4.69) is 10.1 Å². The maximum atomic E-state index is 13.0. The molecule has 24 heavy (non-hydrogen) atoms. The highest BCUT2D eigenvalue weighted by atomic mass is 32.2. The van der Waals surface area contributed by atoms with Crippen molar-refractivity contribution in [2.24, 2.45) is 0 Å². The quantitative estimate of drug-likeness (QED) is 0.723. The highest BCUT2D eigenvalue weighted by Gasteiger charge is 2.33. The van der Waals surface area contributed by atoms with E-state index in [0.717, 1.165) is 17.7 Å². The van der Waals surface area contributed by atoms with Crippen molar-refractivity contribution in [3.63, 3.8) is 0 Å². The van der Waals surface area contributed by atoms with Crippen LogP contribution in [0.3, 0.4) is 0 Å². The Hall–Kier alpha value is -2.61. The zero-order valence-corrected chi connectivity index (χ0v) is 13.6. The predicted octanol–water partition coefficient (Wildman–Crippen LogP) is 2.00. The van der Waals surface area contributed by atoms with E-state index in [9.17, 15) is 8.42 Å². The summed E-state index contributed by atoms with van der Waals surface area (Å²) in [5, 5.41) is 3.73. The smallest absolute Gasteiger partial charge is 0.241 e. The van der Waals surface area contributed by atoms with Gasteiger partial charge in [0.15, 0.2) is 0 Å². The van der Waals surface area contributed by atoms with Crippen LogP contribution in [-0.2, 0) is 22.2 Å². The molecule has 1 atom stereocenters. The third kappa shape index (κ3) is 2.69. The summed E-state index contributed by atoms with van der Waals surface area (Å²) in [6.45, 7) is 0.369. The van der Waals surface area contributed by atoms with Crippen LogP contribution in [0.5, 0.6) is 0 Å². The lowest BCUT2D eigenvalue weighted by Gasteiger charge is -2.35. The van der Waals surface area contributed by atoms with Gasteiger partial charge in [-0.3, -0.25) is 4.31 Å². The monoisotopic (exact) mass is 344 g/mol. The molecule has 1 aromatic carbocycles. The molecular weight excluding hydrogens is 328 g/mol. The van der Waals surface area contributed by atoms with Gasteiger partial charge in [-0.05, 0) is 18.1 Å². The Morgan fingerprint density at radius 3 is 2.88 bits per heavy atom. The average Bonchev–Trinajstić information content (AvgIpc) is 3.27. The molecule has 2 aromatic heterocycles. The molecule has 124 valence electrons. The van der Waals surface area contributed by atoms with Crippen LogP contribution in [0.2, 0.25) is 0 Å². The maximum absolute atomic E-state index is 13.0. The number of hydrogen-bond donors (Lipinski definition) is 0. The molecule has 0 bridgehead atoms. The molecule has 0 fully saturated rings. The van der Waals surface area contributed by atoms with Crippen LogP contribution < -0.4 is 4.31 Å². The molecule has 3 heterocycles. The molecule has 0 radical (unpaired) electrons. The van der Waals surface area contributed by atoms with E-state index in [0.29, 0.717) is 12.2 Å². The minimum Gasteiger partial charge on any atom is -0.364 e. The van der Waals surface area contributed by atoms with Gasteiger partial charge in [-0.15, -0.1) is 0 Å². The van der Waals surface area contributed by atoms with Crippen molar-refractivity contribution in [3.05, 3.63) is 66.6 Å². The SMILES string of the molecule is O=S(=O)(Cc1ccon1)N1C[C@@H](n2ccnc2)Cc2ccccc21. The summed E-state index contributed by atoms with van der Waals surface area (Å²) < 4.78 is 34.1. The minimum absolute atomic E-state index is 0.00878. The second kappa shape index (κ2) is 5.79. The first-order chi connectivity index (χ1) is 11.6. The number of aromatic nitrogens is 3. The van der Waals surface area contributed by atoms with E-state index in [1.54, 1.807) is 18.6 Å². The Kier molecular flexibility index (Phi) is 3.61. The lowest BCUT2D eigenvalue weighted by atomic mass is 10.00. The van der Waals surface area contributed by atoms with Gasteiger partial charge in [-0.1, -0.05) is 23.4 Å². The van der Waals surface area contributed by atoms with Crippen LogP contribution in [0.25, 0.3) is 0 Å². The molecule has 0 unspecified atom stereocenters. The fourth-order valence-corrected chi connectivity index (χ4v) is 4.62. The van der Waals surface area contributed by atoms with Crippen LogP contribution in [0, 0.1) is 0 Å². The van der Waals surface area contributed by atoms with Crippen LogP contribution in [-0.4, -0.2) is 29.7 Å². The number of fused-ring (bicyclic) bond motifs is 1. The van der Waals surface area contributed by atoms with Crippen molar-refractivity contribution in [1.82, 2.24) is 14.7 Å². The van der Waals surface area contributed by atoms with Gasteiger partial charge in [0.05, 0.1) is 24.6 Å². The normalized spacial score (nSPS) is 17.7. The maximum Gasteiger partial charge on any atom is 0.241 e. The van der Waals surface area contributed by atoms with E-state index in [1.807, 2.05) is 35.0 Å². The predicted molar refractivity (Wildman–Crippen MR) is 87.9 cm³/mol. The number of anilines is 1. The highest BCUT2D eigenvalue weighted by molar-refractivity contribution is 7.92. The molecule has 1 aliphatic rings. The van der Waals surface area contributed by atoms with E-state index in [-0.39, 0.29) is 11.8 Å². The zero-order chi connectivity index (χ0) is 16.6. The van der Waals surface area contributed by atoms with Crippen LogP contribution in [0.1, 0.15) is 17.3 Å². The fourth-order valence-electron chi connectivity index (χ4n) is 3.06. The highest BCUT2D eigenvalue weighted by Crippen LogP contribution is 2.34. The lowest BCUT2D eigenvalue weighted by Crippen LogP contribution is -2.41. The van der Waals surface area contributed by atoms with Gasteiger partial charge in [0.1, 0.15) is 17.7 Å². The first-order valence-corrected chi connectivity index (χ1v) is 9.19. The molecule has 0 spiro atoms. The lowest BCUT2D eigenvalue weighted by molar-refractivity contribution is 0.413. The van der Waals surface area contributed by atoms with Crippen molar-refractivity contribution in [1.29, 1.82) is 0 Å². The van der Waals surface area contributed by atoms with Gasteiger partial charge in [-0.25, -0.2) is 13.4 Å². The largest absolute Gasteiger partial charge is 0.364 e. The van der Waals surface area contributed by atoms with Crippen molar-refractivity contribution in [3.8, 4) is 0 Å². The molecular formula is C16H16N4O3S. The average molecular weight is 344 g/mol. The fraction of sp³-hybridized carbons (Fsp3) is 0.250. The molecule has 0 saturated heterocycles. The first kappa shape index (κ1) is 14.9. The summed E-state index contributed by atoms with van der Waals surface area (Å²) in [4.78, 5) is 4.07. The first-order valence-electron chi connectivity index (χ1n) is 7.58. The Bertz CT molecular complexity index is 920. The summed E-state index contributed by atoms with van der Waals surface area (Å²) in [5.41, 5.74) is 2.14. The van der Waals surface area contributed by atoms with Crippen molar-refractivity contribution in [2.75, 3.05) is 10.8 Å². The van der Waals surface area contributed by atoms with E-state index >= 15 is 0 Å². The number of nitrogens with zero attached hydrogens (tertiary/aromatic N) is 4. The molecule has 4 rings (SSSR count). The molecule has 1 aliphatic heterocycles. The number of hydrogen-bond acceptors (Lipinski definition) is 5. The molecule has 0 amide bonds. The van der Waals surface area contributed by atoms with E-state index < -0.39 is 10.0 Å². The Labute approximate surface area is 139 Å². The van der Waals surface area contributed by atoms with E-state index in [1.165, 1.54) is 10.6 Å². The van der Waals surface area contributed by atoms with Crippen LogP contribution in [0.15, 0.2) is 59.8 Å². The minimum atomic E-state index is -3.57. The van der Waals surface area contributed by atoms with Crippen LogP contribution in [0.4, 0.5) is 5.69 Å². The molecule has 0 saturated carbocycles. The number of sulfonamides is 1.